The number of nitrogens with two attached hydrogens (primary N) is 1. The number of hydrogen-bond acceptors (Lipinski definition) is 4. The van der Waals surface area contributed by atoms with Gasteiger partial charge in [0.2, 0.25) is 0 Å². The summed E-state index contributed by atoms with van der Waals surface area (Å²) in [5, 5.41) is 0. The molecule has 3 atom stereocenters. The zero-order chi connectivity index (χ0) is 23.9. The summed E-state index contributed by atoms with van der Waals surface area (Å²) in [6, 6.07) is 14.1. The van der Waals surface area contributed by atoms with Crippen LogP contribution in [-0.2, 0) is 18.4 Å². The maximum absolute atomic E-state index is 12.9. The van der Waals surface area contributed by atoms with E-state index in [0.717, 1.165) is 42.5 Å². The van der Waals surface area contributed by atoms with Gasteiger partial charge in [0.15, 0.2) is 12.6 Å². The molecule has 0 amide bonds. The van der Waals surface area contributed by atoms with E-state index in [1.165, 1.54) is 11.1 Å². The van der Waals surface area contributed by atoms with Gasteiger partial charge >= 0.3 is 6.18 Å². The van der Waals surface area contributed by atoms with Gasteiger partial charge in [-0.2, -0.15) is 13.2 Å². The van der Waals surface area contributed by atoms with Crippen molar-refractivity contribution in [2.45, 2.75) is 63.2 Å². The Morgan fingerprint density at radius 1 is 1.18 bits per heavy atom. The summed E-state index contributed by atoms with van der Waals surface area (Å²) >= 11 is 0. The summed E-state index contributed by atoms with van der Waals surface area (Å²) in [5.74, 6) is 0.951. The molecule has 4 nitrogen and oxygen atoms in total. The molecule has 0 radical (unpaired) electrons. The van der Waals surface area contributed by atoms with Gasteiger partial charge in [0, 0.05) is 17.4 Å². The molecule has 2 aromatic rings. The average Bonchev–Trinajstić information content (AvgIpc) is 3.18. The zero-order valence-corrected chi connectivity index (χ0v) is 19.3. The van der Waals surface area contributed by atoms with E-state index in [0.29, 0.717) is 5.96 Å². The normalized spacial score (nSPS) is 29.0. The second-order valence-corrected chi connectivity index (χ2v) is 10.4. The average molecular weight is 468 g/mol. The number of fused-ring (bicyclic) bond motifs is 4. The van der Waals surface area contributed by atoms with Gasteiger partial charge in [-0.15, -0.1) is 0 Å². The molecule has 34 heavy (non-hydrogen) atoms. The number of ether oxygens (including phenoxy) is 1. The molecule has 0 saturated carbocycles. The van der Waals surface area contributed by atoms with E-state index < -0.39 is 18.3 Å². The van der Waals surface area contributed by atoms with Crippen molar-refractivity contribution in [2.24, 2.45) is 16.1 Å². The molecule has 0 saturated heterocycles. The lowest BCUT2D eigenvalue weighted by atomic mass is 9.59. The van der Waals surface area contributed by atoms with E-state index in [1.54, 1.807) is 12.1 Å². The Morgan fingerprint density at radius 2 is 1.97 bits per heavy atom. The monoisotopic (exact) mass is 467 g/mol. The Hall–Kier alpha value is -2.96. The van der Waals surface area contributed by atoms with Crippen LogP contribution in [0.4, 0.5) is 13.2 Å². The molecule has 178 valence electrons. The van der Waals surface area contributed by atoms with Gasteiger partial charge in [-0.05, 0) is 73.9 Å². The smallest absolute Gasteiger partial charge is 0.422 e. The highest BCUT2D eigenvalue weighted by atomic mass is 19.4. The van der Waals surface area contributed by atoms with Crippen molar-refractivity contribution < 1.29 is 17.9 Å². The second-order valence-electron chi connectivity index (χ2n) is 10.4. The summed E-state index contributed by atoms with van der Waals surface area (Å²) in [7, 11) is 0. The first-order valence-corrected chi connectivity index (χ1v) is 11.9. The Balaban J connectivity index is 1.55. The molecule has 0 aromatic heterocycles. The molecule has 6 rings (SSSR count). The van der Waals surface area contributed by atoms with Crippen LogP contribution in [0.2, 0.25) is 0 Å². The standard InChI is InChI=1S/C27H28F3N3O/c1-16(2)33-23-11-19-14-25(10-9-17-5-3-4-6-21(17)19)13-18-7-8-20(34-15-26(28,29)30)12-22(18)27(23,25)32-24(33)31/h3-8,11-12,16,19H,9-10,13-15H2,1-2H3,(H2,31,32). The van der Waals surface area contributed by atoms with Crippen LogP contribution < -0.4 is 10.5 Å². The number of aryl methyl sites for hydroxylation is 1. The third-order valence-corrected chi connectivity index (χ3v) is 8.14. The van der Waals surface area contributed by atoms with Crippen LogP contribution in [0, 0.1) is 5.41 Å². The maximum Gasteiger partial charge on any atom is 0.422 e. The topological polar surface area (TPSA) is 50.8 Å². The van der Waals surface area contributed by atoms with E-state index in [4.69, 9.17) is 15.5 Å². The lowest BCUT2D eigenvalue weighted by molar-refractivity contribution is -0.153. The SMILES string of the molecule is CC(C)N1C2=CC3CC4(CCc5ccccc53)Cc3ccc(OCC(F)(F)F)cc3C24N=C1N. The van der Waals surface area contributed by atoms with Crippen LogP contribution in [0.3, 0.4) is 0 Å². The quantitative estimate of drug-likeness (QED) is 0.656. The van der Waals surface area contributed by atoms with E-state index in [-0.39, 0.29) is 23.1 Å². The molecule has 4 aliphatic rings. The lowest BCUT2D eigenvalue weighted by Crippen LogP contribution is -2.48. The molecule has 2 spiro atoms. The van der Waals surface area contributed by atoms with Crippen molar-refractivity contribution in [3.05, 3.63) is 76.5 Å². The number of benzene rings is 2. The van der Waals surface area contributed by atoms with Gasteiger partial charge < -0.3 is 15.4 Å². The summed E-state index contributed by atoms with van der Waals surface area (Å²) in [4.78, 5) is 7.31. The second kappa shape index (κ2) is 7.03. The number of alkyl halides is 3. The van der Waals surface area contributed by atoms with Crippen molar-refractivity contribution in [1.29, 1.82) is 0 Å². The van der Waals surface area contributed by atoms with Gasteiger partial charge in [-0.1, -0.05) is 36.4 Å². The van der Waals surface area contributed by atoms with E-state index in [2.05, 4.69) is 49.1 Å². The third kappa shape index (κ3) is 2.88. The van der Waals surface area contributed by atoms with Gasteiger partial charge in [0.1, 0.15) is 11.3 Å². The Kier molecular flexibility index (Phi) is 4.46. The largest absolute Gasteiger partial charge is 0.484 e. The first-order valence-electron chi connectivity index (χ1n) is 11.9. The lowest BCUT2D eigenvalue weighted by Gasteiger charge is -2.48. The van der Waals surface area contributed by atoms with E-state index in [1.807, 2.05) is 6.07 Å². The number of nitrogens with zero attached hydrogens (tertiary/aromatic N) is 2. The van der Waals surface area contributed by atoms with Gasteiger partial charge in [0.25, 0.3) is 0 Å². The van der Waals surface area contributed by atoms with Gasteiger partial charge in [-0.25, -0.2) is 4.99 Å². The molecule has 0 fully saturated rings. The van der Waals surface area contributed by atoms with E-state index in [9.17, 15) is 13.2 Å². The van der Waals surface area contributed by atoms with Crippen molar-refractivity contribution in [2.75, 3.05) is 6.61 Å². The van der Waals surface area contributed by atoms with Crippen LogP contribution in [0.1, 0.15) is 54.9 Å². The maximum atomic E-state index is 12.9. The highest BCUT2D eigenvalue weighted by molar-refractivity contribution is 5.86. The Labute approximate surface area is 197 Å². The highest BCUT2D eigenvalue weighted by Gasteiger charge is 2.66. The summed E-state index contributed by atoms with van der Waals surface area (Å²) in [5.41, 5.74) is 11.5. The first kappa shape index (κ1) is 21.6. The van der Waals surface area contributed by atoms with Crippen LogP contribution >= 0.6 is 0 Å². The minimum absolute atomic E-state index is 0.107. The first-order chi connectivity index (χ1) is 16.1. The van der Waals surface area contributed by atoms with Crippen molar-refractivity contribution >= 4 is 5.96 Å². The number of hydrogen-bond donors (Lipinski definition) is 1. The van der Waals surface area contributed by atoms with E-state index >= 15 is 0 Å². The summed E-state index contributed by atoms with van der Waals surface area (Å²) in [6.07, 6.45) is 1.57. The minimum Gasteiger partial charge on any atom is -0.484 e. The van der Waals surface area contributed by atoms with Crippen molar-refractivity contribution in [3.63, 3.8) is 0 Å². The molecule has 3 unspecified atom stereocenters. The number of halogens is 3. The van der Waals surface area contributed by atoms with Crippen LogP contribution in [0.25, 0.3) is 0 Å². The fourth-order valence-corrected chi connectivity index (χ4v) is 6.95. The molecule has 1 aliphatic heterocycles. The minimum atomic E-state index is -4.39. The zero-order valence-electron chi connectivity index (χ0n) is 19.3. The molecule has 2 N–H and O–H groups in total. The van der Waals surface area contributed by atoms with Crippen LogP contribution in [-0.4, -0.2) is 29.7 Å². The van der Waals surface area contributed by atoms with Gasteiger partial charge in [-0.3, -0.25) is 0 Å². The summed E-state index contributed by atoms with van der Waals surface area (Å²) in [6.45, 7) is 2.88. The fourth-order valence-electron chi connectivity index (χ4n) is 6.95. The molecular formula is C27H28F3N3O. The van der Waals surface area contributed by atoms with Crippen LogP contribution in [0.5, 0.6) is 5.75 Å². The number of rotatable bonds is 3. The van der Waals surface area contributed by atoms with Crippen LogP contribution in [0.15, 0.2) is 59.2 Å². The molecule has 3 aliphatic carbocycles. The summed E-state index contributed by atoms with van der Waals surface area (Å²) < 4.78 is 43.7. The number of aliphatic imine (C=N–C) groups is 1. The van der Waals surface area contributed by atoms with Crippen molar-refractivity contribution in [3.8, 4) is 5.75 Å². The molecule has 1 heterocycles. The Morgan fingerprint density at radius 3 is 2.74 bits per heavy atom. The predicted molar refractivity (Wildman–Crippen MR) is 125 cm³/mol. The number of allylic oxidation sites excluding steroid dienone is 1. The van der Waals surface area contributed by atoms with Crippen molar-refractivity contribution in [1.82, 2.24) is 4.90 Å². The molecule has 7 heteroatoms. The predicted octanol–water partition coefficient (Wildman–Crippen LogP) is 5.42. The molecule has 2 aromatic carbocycles. The fraction of sp³-hybridized carbons (Fsp3) is 0.444. The third-order valence-electron chi connectivity index (χ3n) is 8.14. The molecule has 2 bridgehead atoms. The molecular weight excluding hydrogens is 439 g/mol. The Bertz CT molecular complexity index is 1230. The highest BCUT2D eigenvalue weighted by Crippen LogP contribution is 2.68. The number of guanidine groups is 1. The van der Waals surface area contributed by atoms with Gasteiger partial charge in [0.05, 0.1) is 5.70 Å².